The van der Waals surface area contributed by atoms with Gasteiger partial charge in [0.1, 0.15) is 0 Å². The van der Waals surface area contributed by atoms with Crippen LogP contribution in [0.15, 0.2) is 24.5 Å². The minimum Gasteiger partial charge on any atom is -0.338 e. The molecule has 8 heteroatoms. The van der Waals surface area contributed by atoms with E-state index in [-0.39, 0.29) is 29.6 Å². The van der Waals surface area contributed by atoms with Crippen LogP contribution in [-0.2, 0) is 16.4 Å². The number of pyridine rings is 1. The first-order chi connectivity index (χ1) is 11.0. The van der Waals surface area contributed by atoms with Crippen LogP contribution in [0.2, 0.25) is 0 Å². The van der Waals surface area contributed by atoms with Crippen LogP contribution in [0.5, 0.6) is 0 Å². The van der Waals surface area contributed by atoms with Crippen molar-refractivity contribution < 1.29 is 13.2 Å². The molecular weight excluding hydrogens is 316 g/mol. The number of fused-ring (bicyclic) bond motifs is 1. The van der Waals surface area contributed by atoms with Gasteiger partial charge in [0.15, 0.2) is 9.84 Å². The molecule has 1 aromatic heterocycles. The fourth-order valence-electron chi connectivity index (χ4n) is 3.45. The lowest BCUT2D eigenvalue weighted by atomic mass is 10.0. The van der Waals surface area contributed by atoms with Gasteiger partial charge in [0.2, 0.25) is 0 Å². The van der Waals surface area contributed by atoms with E-state index in [4.69, 9.17) is 0 Å². The van der Waals surface area contributed by atoms with E-state index in [0.29, 0.717) is 26.2 Å². The Morgan fingerprint density at radius 2 is 2.13 bits per heavy atom. The van der Waals surface area contributed by atoms with Gasteiger partial charge in [-0.3, -0.25) is 9.88 Å². The zero-order valence-electron chi connectivity index (χ0n) is 13.2. The number of urea groups is 1. The number of aromatic nitrogens is 1. The summed E-state index contributed by atoms with van der Waals surface area (Å²) in [5, 5.41) is 2.78. The Kier molecular flexibility index (Phi) is 4.54. The Hall–Kier alpha value is -1.67. The van der Waals surface area contributed by atoms with Crippen molar-refractivity contribution in [2.24, 2.45) is 0 Å². The largest absolute Gasteiger partial charge is 0.338 e. The molecule has 0 bridgehead atoms. The summed E-state index contributed by atoms with van der Waals surface area (Å²) in [7, 11) is -3.11. The number of carbonyl (C=O) groups is 1. The average molecular weight is 338 g/mol. The molecule has 1 aromatic rings. The number of amides is 2. The van der Waals surface area contributed by atoms with Crippen LogP contribution < -0.4 is 5.32 Å². The molecular formula is C15H22N4O3S. The highest BCUT2D eigenvalue weighted by Crippen LogP contribution is 2.28. The normalized spacial score (nSPS) is 26.7. The van der Waals surface area contributed by atoms with E-state index in [1.807, 2.05) is 19.1 Å². The first-order valence-corrected chi connectivity index (χ1v) is 9.70. The van der Waals surface area contributed by atoms with E-state index in [1.54, 1.807) is 17.3 Å². The molecule has 7 nitrogen and oxygen atoms in total. The van der Waals surface area contributed by atoms with Crippen LogP contribution >= 0.6 is 0 Å². The monoisotopic (exact) mass is 338 g/mol. The topological polar surface area (TPSA) is 82.6 Å². The molecule has 0 aliphatic carbocycles. The van der Waals surface area contributed by atoms with E-state index >= 15 is 0 Å². The first kappa shape index (κ1) is 16.2. The summed E-state index contributed by atoms with van der Waals surface area (Å²) < 4.78 is 24.2. The lowest BCUT2D eigenvalue weighted by Gasteiger charge is -2.43. The zero-order chi connectivity index (χ0) is 16.4. The summed E-state index contributed by atoms with van der Waals surface area (Å²) >= 11 is 0. The van der Waals surface area contributed by atoms with Crippen LogP contribution in [0.4, 0.5) is 4.79 Å². The summed E-state index contributed by atoms with van der Waals surface area (Å²) in [5.41, 5.74) is 1.06. The van der Waals surface area contributed by atoms with E-state index in [2.05, 4.69) is 15.2 Å². The van der Waals surface area contributed by atoms with Gasteiger partial charge in [-0.05, 0) is 18.6 Å². The fourth-order valence-corrected chi connectivity index (χ4v) is 5.46. The molecule has 3 rings (SSSR count). The summed E-state index contributed by atoms with van der Waals surface area (Å²) in [6.45, 7) is 4.28. The molecule has 0 aromatic carbocycles. The van der Waals surface area contributed by atoms with Gasteiger partial charge in [0, 0.05) is 44.6 Å². The van der Waals surface area contributed by atoms with Crippen molar-refractivity contribution in [3.05, 3.63) is 30.1 Å². The van der Waals surface area contributed by atoms with Gasteiger partial charge in [0.25, 0.3) is 0 Å². The quantitative estimate of drug-likeness (QED) is 0.845. The highest BCUT2D eigenvalue weighted by atomic mass is 32.2. The van der Waals surface area contributed by atoms with E-state index in [1.165, 1.54) is 0 Å². The predicted octanol–water partition coefficient (Wildman–Crippen LogP) is 0.0943. The number of hydrogen-bond donors (Lipinski definition) is 1. The van der Waals surface area contributed by atoms with Crippen molar-refractivity contribution in [3.8, 4) is 0 Å². The molecule has 126 valence electrons. The molecule has 23 heavy (non-hydrogen) atoms. The number of hydrogen-bond acceptors (Lipinski definition) is 5. The molecule has 0 unspecified atom stereocenters. The van der Waals surface area contributed by atoms with Crippen LogP contribution in [0.1, 0.15) is 12.5 Å². The van der Waals surface area contributed by atoms with Gasteiger partial charge in [-0.25, -0.2) is 13.2 Å². The lowest BCUT2D eigenvalue weighted by Crippen LogP contribution is -2.61. The van der Waals surface area contributed by atoms with E-state index in [9.17, 15) is 13.2 Å². The molecule has 2 amide bonds. The second kappa shape index (κ2) is 6.45. The third-order valence-electron chi connectivity index (χ3n) is 4.49. The molecule has 2 fully saturated rings. The molecule has 3 heterocycles. The van der Waals surface area contributed by atoms with Crippen LogP contribution in [-0.4, -0.2) is 72.5 Å². The molecule has 2 aliphatic heterocycles. The van der Waals surface area contributed by atoms with Gasteiger partial charge in [-0.1, -0.05) is 6.07 Å². The van der Waals surface area contributed by atoms with E-state index < -0.39 is 9.84 Å². The third-order valence-corrected chi connectivity index (χ3v) is 6.19. The van der Waals surface area contributed by atoms with Crippen LogP contribution in [0, 0.1) is 0 Å². The van der Waals surface area contributed by atoms with Crippen molar-refractivity contribution in [2.75, 3.05) is 31.1 Å². The Labute approximate surface area is 136 Å². The Balaban J connectivity index is 1.79. The third kappa shape index (κ3) is 3.48. The molecule has 2 atom stereocenters. The smallest absolute Gasteiger partial charge is 0.317 e. The molecule has 1 N–H and O–H groups in total. The van der Waals surface area contributed by atoms with Gasteiger partial charge in [0.05, 0.1) is 17.5 Å². The van der Waals surface area contributed by atoms with Crippen molar-refractivity contribution in [1.82, 2.24) is 20.1 Å². The van der Waals surface area contributed by atoms with Gasteiger partial charge >= 0.3 is 6.03 Å². The first-order valence-electron chi connectivity index (χ1n) is 7.88. The Morgan fingerprint density at radius 3 is 2.83 bits per heavy atom. The van der Waals surface area contributed by atoms with Crippen LogP contribution in [0.25, 0.3) is 0 Å². The van der Waals surface area contributed by atoms with Crippen molar-refractivity contribution in [2.45, 2.75) is 25.6 Å². The lowest BCUT2D eigenvalue weighted by molar-refractivity contribution is 0.0608. The second-order valence-corrected chi connectivity index (χ2v) is 8.23. The van der Waals surface area contributed by atoms with Gasteiger partial charge in [-0.15, -0.1) is 0 Å². The van der Waals surface area contributed by atoms with Gasteiger partial charge < -0.3 is 10.2 Å². The number of sulfone groups is 1. The summed E-state index contributed by atoms with van der Waals surface area (Å²) in [6.07, 6.45) is 3.52. The average Bonchev–Trinajstić information content (AvgIpc) is 2.84. The number of nitrogens with one attached hydrogen (secondary N) is 1. The summed E-state index contributed by atoms with van der Waals surface area (Å²) in [4.78, 5) is 20.2. The number of nitrogens with zero attached hydrogens (tertiary/aromatic N) is 3. The maximum absolute atomic E-state index is 12.2. The molecule has 2 aliphatic rings. The van der Waals surface area contributed by atoms with Crippen molar-refractivity contribution in [3.63, 3.8) is 0 Å². The Bertz CT molecular complexity index is 665. The van der Waals surface area contributed by atoms with Gasteiger partial charge in [-0.2, -0.15) is 0 Å². The standard InChI is InChI=1S/C15H22N4O3S/c1-2-17-15(20)19-7-6-18(9-12-4-3-5-16-8-12)13-10-23(21,22)11-14(13)19/h3-5,8,13-14H,2,6-7,9-11H2,1H3,(H,17,20)/t13-,14+/m1/s1. The van der Waals surface area contributed by atoms with E-state index in [0.717, 1.165) is 5.56 Å². The molecule has 0 saturated carbocycles. The maximum atomic E-state index is 12.2. The highest BCUT2D eigenvalue weighted by molar-refractivity contribution is 7.91. The second-order valence-electron chi connectivity index (χ2n) is 6.07. The van der Waals surface area contributed by atoms with Crippen molar-refractivity contribution in [1.29, 1.82) is 0 Å². The summed E-state index contributed by atoms with van der Waals surface area (Å²) in [6, 6.07) is 3.29. The highest BCUT2D eigenvalue weighted by Gasteiger charge is 2.47. The van der Waals surface area contributed by atoms with Crippen LogP contribution in [0.3, 0.4) is 0 Å². The summed E-state index contributed by atoms with van der Waals surface area (Å²) in [5.74, 6) is 0.173. The predicted molar refractivity (Wildman–Crippen MR) is 86.7 cm³/mol. The SMILES string of the molecule is CCNC(=O)N1CCN(Cc2cccnc2)[C@@H]2CS(=O)(=O)C[C@@H]21. The molecule has 0 spiro atoms. The number of rotatable bonds is 3. The minimum absolute atomic E-state index is 0.0539. The number of carbonyl (C=O) groups excluding carboxylic acids is 1. The Morgan fingerprint density at radius 1 is 1.35 bits per heavy atom. The fraction of sp³-hybridized carbons (Fsp3) is 0.600. The molecule has 0 radical (unpaired) electrons. The zero-order valence-corrected chi connectivity index (χ0v) is 14.0. The molecule has 2 saturated heterocycles. The minimum atomic E-state index is -3.11. The number of piperazine rings is 1. The van der Waals surface area contributed by atoms with Crippen molar-refractivity contribution >= 4 is 15.9 Å². The maximum Gasteiger partial charge on any atom is 0.317 e.